The molecule has 0 fully saturated rings. The summed E-state index contributed by atoms with van der Waals surface area (Å²) >= 11 is 0. The summed E-state index contributed by atoms with van der Waals surface area (Å²) in [6.45, 7) is 3.43. The van der Waals surface area contributed by atoms with Gasteiger partial charge in [-0.2, -0.15) is 4.74 Å². The maximum atomic E-state index is 12.8. The Kier molecular flexibility index (Phi) is 3.61. The van der Waals surface area contributed by atoms with Crippen LogP contribution in [0.2, 0.25) is 0 Å². The molecule has 26 heavy (non-hydrogen) atoms. The van der Waals surface area contributed by atoms with Crippen molar-refractivity contribution >= 4 is 11.7 Å². The summed E-state index contributed by atoms with van der Waals surface area (Å²) in [5.41, 5.74) is 0.725. The van der Waals surface area contributed by atoms with E-state index in [4.69, 9.17) is 9.36 Å². The van der Waals surface area contributed by atoms with Crippen molar-refractivity contribution in [2.24, 2.45) is 5.16 Å². The Morgan fingerprint density at radius 3 is 2.12 bits per heavy atom. The van der Waals surface area contributed by atoms with Crippen LogP contribution in [-0.2, 0) is 15.2 Å². The summed E-state index contributed by atoms with van der Waals surface area (Å²) < 4.78 is 6.88. The molecule has 1 aromatic heterocycles. The predicted molar refractivity (Wildman–Crippen MR) is 95.9 cm³/mol. The average Bonchev–Trinajstić information content (AvgIpc) is 3.13. The van der Waals surface area contributed by atoms with E-state index in [-0.39, 0.29) is 0 Å². The highest BCUT2D eigenvalue weighted by molar-refractivity contribution is 6.13. The molecule has 0 aliphatic carbocycles. The van der Waals surface area contributed by atoms with E-state index in [2.05, 4.69) is 5.16 Å². The normalized spacial score (nSPS) is 19.3. The second-order valence-electron chi connectivity index (χ2n) is 6.13. The van der Waals surface area contributed by atoms with E-state index in [0.717, 1.165) is 5.56 Å². The van der Waals surface area contributed by atoms with E-state index in [0.29, 0.717) is 22.5 Å². The maximum absolute atomic E-state index is 12.8. The lowest BCUT2D eigenvalue weighted by molar-refractivity contribution is -0.147. The van der Waals surface area contributed by atoms with Crippen LogP contribution in [0.1, 0.15) is 18.2 Å². The van der Waals surface area contributed by atoms with E-state index in [1.807, 2.05) is 48.5 Å². The molecule has 6 nitrogen and oxygen atoms in total. The summed E-state index contributed by atoms with van der Waals surface area (Å²) in [6, 6.07) is 18.2. The van der Waals surface area contributed by atoms with Gasteiger partial charge in [-0.25, -0.2) is 9.59 Å². The summed E-state index contributed by atoms with van der Waals surface area (Å²) in [6.07, 6.45) is 0. The molecule has 4 rings (SSSR count). The minimum absolute atomic E-state index is 0.398. The lowest BCUT2D eigenvalue weighted by Crippen LogP contribution is -2.46. The highest BCUT2D eigenvalue weighted by Gasteiger charge is 2.54. The Labute approximate surface area is 149 Å². The molecule has 1 atom stereocenters. The molecule has 0 saturated carbocycles. The molecule has 0 saturated heterocycles. The highest BCUT2D eigenvalue weighted by atomic mass is 16.7. The van der Waals surface area contributed by atoms with Crippen molar-refractivity contribution in [3.05, 3.63) is 82.3 Å². The SMILES string of the molecule is CC1=NOC(=O)C1(c1ccccc1)n1oc(=O)c(-c2ccccc2)c1C. The standard InChI is InChI=1S/C20H16N2O4/c1-13-17(15-9-5-3-6-10-15)18(23)26-22(13)20(14(2)21-25-19(20)24)16-11-7-4-8-12-16/h3-12H,1-2H3. The first-order chi connectivity index (χ1) is 12.6. The van der Waals surface area contributed by atoms with E-state index in [1.165, 1.54) is 4.74 Å². The zero-order valence-electron chi connectivity index (χ0n) is 14.3. The number of benzene rings is 2. The van der Waals surface area contributed by atoms with Crippen LogP contribution < -0.4 is 5.63 Å². The zero-order valence-corrected chi connectivity index (χ0v) is 14.3. The molecular weight excluding hydrogens is 332 g/mol. The molecule has 2 aromatic carbocycles. The van der Waals surface area contributed by atoms with Crippen LogP contribution in [-0.4, -0.2) is 16.4 Å². The van der Waals surface area contributed by atoms with Crippen molar-refractivity contribution in [3.8, 4) is 11.1 Å². The molecule has 0 spiro atoms. The predicted octanol–water partition coefficient (Wildman–Crippen LogP) is 3.09. The van der Waals surface area contributed by atoms with Crippen LogP contribution in [0.5, 0.6) is 0 Å². The zero-order chi connectivity index (χ0) is 18.3. The molecule has 3 aromatic rings. The lowest BCUT2D eigenvalue weighted by atomic mass is 9.86. The van der Waals surface area contributed by atoms with Crippen LogP contribution in [0.15, 0.2) is 75.1 Å². The molecule has 6 heteroatoms. The van der Waals surface area contributed by atoms with Gasteiger partial charge in [0.2, 0.25) is 5.54 Å². The Morgan fingerprint density at radius 2 is 1.54 bits per heavy atom. The summed E-state index contributed by atoms with van der Waals surface area (Å²) in [4.78, 5) is 30.4. The molecule has 0 radical (unpaired) electrons. The summed E-state index contributed by atoms with van der Waals surface area (Å²) in [5, 5.41) is 3.86. The first kappa shape index (κ1) is 16.1. The third-order valence-corrected chi connectivity index (χ3v) is 4.69. The number of carbonyl (C=O) groups is 1. The number of aromatic nitrogens is 1. The smallest absolute Gasteiger partial charge is 0.334 e. The van der Waals surface area contributed by atoms with Gasteiger partial charge in [-0.3, -0.25) is 0 Å². The van der Waals surface area contributed by atoms with Crippen LogP contribution in [0.25, 0.3) is 11.1 Å². The fourth-order valence-electron chi connectivity index (χ4n) is 3.44. The van der Waals surface area contributed by atoms with Gasteiger partial charge in [-0.1, -0.05) is 65.8 Å². The van der Waals surface area contributed by atoms with Crippen LogP contribution >= 0.6 is 0 Å². The largest absolute Gasteiger partial charge is 0.374 e. The van der Waals surface area contributed by atoms with Gasteiger partial charge in [0.05, 0.1) is 11.3 Å². The molecule has 1 aliphatic heterocycles. The van der Waals surface area contributed by atoms with Gasteiger partial charge >= 0.3 is 11.6 Å². The Bertz CT molecular complexity index is 1060. The molecule has 0 amide bonds. The molecule has 2 heterocycles. The van der Waals surface area contributed by atoms with E-state index in [1.54, 1.807) is 26.0 Å². The van der Waals surface area contributed by atoms with Crippen molar-refractivity contribution < 1.29 is 14.2 Å². The quantitative estimate of drug-likeness (QED) is 0.682. The van der Waals surface area contributed by atoms with Crippen molar-refractivity contribution in [3.63, 3.8) is 0 Å². The summed E-state index contributed by atoms with van der Waals surface area (Å²) in [5.74, 6) is -0.609. The molecular formula is C20H16N2O4. The summed E-state index contributed by atoms with van der Waals surface area (Å²) in [7, 11) is 0. The van der Waals surface area contributed by atoms with Gasteiger partial charge in [0.15, 0.2) is 0 Å². The minimum atomic E-state index is -1.43. The second kappa shape index (κ2) is 5.84. The molecule has 1 aliphatic rings. The van der Waals surface area contributed by atoms with Gasteiger partial charge < -0.3 is 9.36 Å². The van der Waals surface area contributed by atoms with Crippen molar-refractivity contribution in [2.75, 3.05) is 0 Å². The molecule has 130 valence electrons. The van der Waals surface area contributed by atoms with Gasteiger partial charge in [-0.05, 0) is 25.0 Å². The van der Waals surface area contributed by atoms with Crippen LogP contribution in [0.3, 0.4) is 0 Å². The van der Waals surface area contributed by atoms with Gasteiger partial charge in [-0.15, -0.1) is 0 Å². The number of rotatable bonds is 3. The number of oxime groups is 1. The number of nitrogens with zero attached hydrogens (tertiary/aromatic N) is 2. The monoisotopic (exact) mass is 348 g/mol. The number of carbonyl (C=O) groups excluding carboxylic acids is 1. The van der Waals surface area contributed by atoms with Crippen LogP contribution in [0.4, 0.5) is 0 Å². The van der Waals surface area contributed by atoms with E-state index < -0.39 is 17.1 Å². The topological polar surface area (TPSA) is 73.8 Å². The number of hydrogen-bond donors (Lipinski definition) is 0. The van der Waals surface area contributed by atoms with Gasteiger partial charge in [0.1, 0.15) is 5.71 Å². The second-order valence-corrected chi connectivity index (χ2v) is 6.13. The lowest BCUT2D eigenvalue weighted by Gasteiger charge is -2.26. The third kappa shape index (κ3) is 2.08. The van der Waals surface area contributed by atoms with Gasteiger partial charge in [0.25, 0.3) is 0 Å². The fraction of sp³-hybridized carbons (Fsp3) is 0.150. The van der Waals surface area contributed by atoms with Crippen molar-refractivity contribution in [2.45, 2.75) is 19.4 Å². The van der Waals surface area contributed by atoms with Crippen molar-refractivity contribution in [1.82, 2.24) is 4.74 Å². The average molecular weight is 348 g/mol. The minimum Gasteiger partial charge on any atom is -0.334 e. The Balaban J connectivity index is 2.03. The third-order valence-electron chi connectivity index (χ3n) is 4.69. The first-order valence-electron chi connectivity index (χ1n) is 8.17. The van der Waals surface area contributed by atoms with Gasteiger partial charge in [0, 0.05) is 0 Å². The Morgan fingerprint density at radius 1 is 0.923 bits per heavy atom. The van der Waals surface area contributed by atoms with Crippen molar-refractivity contribution in [1.29, 1.82) is 0 Å². The molecule has 0 N–H and O–H groups in total. The van der Waals surface area contributed by atoms with E-state index >= 15 is 0 Å². The molecule has 1 unspecified atom stereocenters. The Hall–Kier alpha value is -3.41. The van der Waals surface area contributed by atoms with Crippen LogP contribution in [0, 0.1) is 6.92 Å². The highest BCUT2D eigenvalue weighted by Crippen LogP contribution is 2.36. The first-order valence-corrected chi connectivity index (χ1v) is 8.17. The molecule has 0 bridgehead atoms. The number of hydrogen-bond acceptors (Lipinski definition) is 5. The fourth-order valence-corrected chi connectivity index (χ4v) is 3.44. The maximum Gasteiger partial charge on any atom is 0.374 e. The van der Waals surface area contributed by atoms with E-state index in [9.17, 15) is 9.59 Å².